The molecule has 140 valence electrons. The lowest BCUT2D eigenvalue weighted by Gasteiger charge is -2.07. The number of para-hydroxylation sites is 2. The van der Waals surface area contributed by atoms with Crippen LogP contribution in [-0.2, 0) is 0 Å². The highest BCUT2D eigenvalue weighted by Crippen LogP contribution is 2.29. The fourth-order valence-corrected chi connectivity index (χ4v) is 3.64. The Labute approximate surface area is 167 Å². The number of thiazole rings is 1. The largest absolute Gasteiger partial charge is 0.492 e. The maximum Gasteiger partial charge on any atom is 0.251 e. The first-order valence-electron chi connectivity index (χ1n) is 8.97. The van der Waals surface area contributed by atoms with E-state index in [1.807, 2.05) is 72.8 Å². The van der Waals surface area contributed by atoms with Crippen LogP contribution in [0.4, 0.5) is 10.8 Å². The molecule has 0 radical (unpaired) electrons. The number of ether oxygens (including phenoxy) is 1. The zero-order valence-corrected chi connectivity index (χ0v) is 15.9. The quantitative estimate of drug-likeness (QED) is 0.444. The number of rotatable bonds is 7. The third-order valence-corrected chi connectivity index (χ3v) is 5.01. The van der Waals surface area contributed by atoms with Gasteiger partial charge in [-0.25, -0.2) is 4.98 Å². The van der Waals surface area contributed by atoms with Gasteiger partial charge in [-0.3, -0.25) is 4.79 Å². The van der Waals surface area contributed by atoms with Crippen molar-refractivity contribution in [2.24, 2.45) is 0 Å². The number of nitrogens with zero attached hydrogens (tertiary/aromatic N) is 1. The molecule has 0 aliphatic carbocycles. The molecular formula is C22H19N3O2S. The average molecular weight is 389 g/mol. The summed E-state index contributed by atoms with van der Waals surface area (Å²) in [6.45, 7) is 0.860. The summed E-state index contributed by atoms with van der Waals surface area (Å²) in [6, 6.07) is 25.0. The molecule has 0 fully saturated rings. The Kier molecular flexibility index (Phi) is 5.49. The summed E-state index contributed by atoms with van der Waals surface area (Å²) in [5.74, 6) is 0.672. The molecule has 1 heterocycles. The second-order valence-electron chi connectivity index (χ2n) is 6.11. The van der Waals surface area contributed by atoms with Gasteiger partial charge >= 0.3 is 0 Å². The van der Waals surface area contributed by atoms with E-state index in [1.54, 1.807) is 6.07 Å². The number of carbonyl (C=O) groups is 1. The molecule has 2 N–H and O–H groups in total. The normalized spacial score (nSPS) is 10.6. The van der Waals surface area contributed by atoms with Crippen LogP contribution in [0.1, 0.15) is 10.4 Å². The van der Waals surface area contributed by atoms with Crippen LogP contribution in [0.15, 0.2) is 78.9 Å². The van der Waals surface area contributed by atoms with Gasteiger partial charge in [0.05, 0.1) is 16.8 Å². The Bertz CT molecular complexity index is 1070. The number of amides is 1. The van der Waals surface area contributed by atoms with Crippen LogP contribution in [0.3, 0.4) is 0 Å². The SMILES string of the molecule is O=C(NCCOc1ccccc1)c1ccc2nc(Nc3ccccc3)sc2c1. The average Bonchev–Trinajstić information content (AvgIpc) is 3.14. The molecule has 4 rings (SSSR count). The van der Waals surface area contributed by atoms with Crippen LogP contribution in [0.25, 0.3) is 10.2 Å². The molecule has 1 amide bonds. The number of fused-ring (bicyclic) bond motifs is 1. The van der Waals surface area contributed by atoms with Gasteiger partial charge in [-0.05, 0) is 42.5 Å². The number of carbonyl (C=O) groups excluding carboxylic acids is 1. The van der Waals surface area contributed by atoms with Gasteiger partial charge in [0.25, 0.3) is 5.91 Å². The lowest BCUT2D eigenvalue weighted by Crippen LogP contribution is -2.28. The number of benzene rings is 3. The molecule has 3 aromatic carbocycles. The van der Waals surface area contributed by atoms with Crippen molar-refractivity contribution in [3.63, 3.8) is 0 Å². The number of anilines is 2. The van der Waals surface area contributed by atoms with E-state index >= 15 is 0 Å². The minimum atomic E-state index is -0.121. The number of nitrogens with one attached hydrogen (secondary N) is 2. The van der Waals surface area contributed by atoms with Gasteiger partial charge < -0.3 is 15.4 Å². The highest BCUT2D eigenvalue weighted by molar-refractivity contribution is 7.22. The second kappa shape index (κ2) is 8.54. The Balaban J connectivity index is 1.36. The molecule has 5 nitrogen and oxygen atoms in total. The van der Waals surface area contributed by atoms with Crippen LogP contribution < -0.4 is 15.4 Å². The standard InChI is InChI=1S/C22H19N3O2S/c26-21(23-13-14-27-18-9-5-2-6-10-18)16-11-12-19-20(15-16)28-22(25-19)24-17-7-3-1-4-8-17/h1-12,15H,13-14H2,(H,23,26)(H,24,25). The van der Waals surface area contributed by atoms with Gasteiger partial charge in [0.1, 0.15) is 12.4 Å². The molecule has 0 atom stereocenters. The molecule has 0 aliphatic heterocycles. The molecule has 6 heteroatoms. The fourth-order valence-electron chi connectivity index (χ4n) is 2.72. The third-order valence-electron chi connectivity index (χ3n) is 4.08. The fraction of sp³-hybridized carbons (Fsp3) is 0.0909. The third kappa shape index (κ3) is 4.47. The zero-order chi connectivity index (χ0) is 19.2. The highest BCUT2D eigenvalue weighted by atomic mass is 32.1. The lowest BCUT2D eigenvalue weighted by atomic mass is 10.2. The summed E-state index contributed by atoms with van der Waals surface area (Å²) in [4.78, 5) is 17.0. The van der Waals surface area contributed by atoms with E-state index < -0.39 is 0 Å². The van der Waals surface area contributed by atoms with Crippen molar-refractivity contribution in [3.8, 4) is 5.75 Å². The van der Waals surface area contributed by atoms with E-state index in [-0.39, 0.29) is 5.91 Å². The summed E-state index contributed by atoms with van der Waals surface area (Å²) in [7, 11) is 0. The summed E-state index contributed by atoms with van der Waals surface area (Å²) in [5.41, 5.74) is 2.47. The first-order valence-corrected chi connectivity index (χ1v) is 9.78. The van der Waals surface area contributed by atoms with Crippen LogP contribution in [0, 0.1) is 0 Å². The first kappa shape index (κ1) is 18.0. The maximum atomic E-state index is 12.4. The lowest BCUT2D eigenvalue weighted by molar-refractivity contribution is 0.0947. The van der Waals surface area contributed by atoms with Crippen LogP contribution in [-0.4, -0.2) is 24.0 Å². The van der Waals surface area contributed by atoms with E-state index in [1.165, 1.54) is 11.3 Å². The molecule has 1 aromatic heterocycles. The van der Waals surface area contributed by atoms with Crippen molar-refractivity contribution in [2.75, 3.05) is 18.5 Å². The van der Waals surface area contributed by atoms with Gasteiger partial charge in [0.15, 0.2) is 5.13 Å². The predicted molar refractivity (Wildman–Crippen MR) is 114 cm³/mol. The Hall–Kier alpha value is -3.38. The number of hydrogen-bond donors (Lipinski definition) is 2. The molecule has 0 unspecified atom stereocenters. The van der Waals surface area contributed by atoms with E-state index in [4.69, 9.17) is 4.74 Å². The summed E-state index contributed by atoms with van der Waals surface area (Å²) >= 11 is 1.52. The predicted octanol–water partition coefficient (Wildman–Crippen LogP) is 4.85. The Morgan fingerprint density at radius 1 is 0.964 bits per heavy atom. The number of hydrogen-bond acceptors (Lipinski definition) is 5. The van der Waals surface area contributed by atoms with Crippen molar-refractivity contribution < 1.29 is 9.53 Å². The van der Waals surface area contributed by atoms with Crippen molar-refractivity contribution >= 4 is 38.3 Å². The molecular weight excluding hydrogens is 370 g/mol. The van der Waals surface area contributed by atoms with Crippen molar-refractivity contribution in [2.45, 2.75) is 0 Å². The molecule has 0 aliphatic rings. The molecule has 0 spiro atoms. The molecule has 0 saturated carbocycles. The summed E-state index contributed by atoms with van der Waals surface area (Å²) in [5, 5.41) is 6.98. The smallest absolute Gasteiger partial charge is 0.251 e. The van der Waals surface area contributed by atoms with Crippen molar-refractivity contribution in [1.29, 1.82) is 0 Å². The van der Waals surface area contributed by atoms with Crippen molar-refractivity contribution in [1.82, 2.24) is 10.3 Å². The zero-order valence-electron chi connectivity index (χ0n) is 15.1. The first-order chi connectivity index (χ1) is 13.8. The van der Waals surface area contributed by atoms with Gasteiger partial charge in [-0.1, -0.05) is 47.7 Å². The maximum absolute atomic E-state index is 12.4. The number of aromatic nitrogens is 1. The Morgan fingerprint density at radius 3 is 2.50 bits per heavy atom. The van der Waals surface area contributed by atoms with Gasteiger partial charge in [-0.15, -0.1) is 0 Å². The van der Waals surface area contributed by atoms with Crippen LogP contribution in [0.2, 0.25) is 0 Å². The molecule has 4 aromatic rings. The van der Waals surface area contributed by atoms with Crippen LogP contribution >= 0.6 is 11.3 Å². The van der Waals surface area contributed by atoms with E-state index in [0.29, 0.717) is 18.7 Å². The van der Waals surface area contributed by atoms with Gasteiger partial charge in [0.2, 0.25) is 0 Å². The summed E-state index contributed by atoms with van der Waals surface area (Å²) < 4.78 is 6.56. The second-order valence-corrected chi connectivity index (χ2v) is 7.14. The van der Waals surface area contributed by atoms with E-state index in [9.17, 15) is 4.79 Å². The van der Waals surface area contributed by atoms with Crippen molar-refractivity contribution in [3.05, 3.63) is 84.4 Å². The van der Waals surface area contributed by atoms with Gasteiger partial charge in [0, 0.05) is 11.3 Å². The van der Waals surface area contributed by atoms with E-state index in [2.05, 4.69) is 15.6 Å². The summed E-state index contributed by atoms with van der Waals surface area (Å²) in [6.07, 6.45) is 0. The highest BCUT2D eigenvalue weighted by Gasteiger charge is 2.09. The molecule has 0 bridgehead atoms. The van der Waals surface area contributed by atoms with E-state index in [0.717, 1.165) is 26.8 Å². The van der Waals surface area contributed by atoms with Gasteiger partial charge in [-0.2, -0.15) is 0 Å². The van der Waals surface area contributed by atoms with Crippen LogP contribution in [0.5, 0.6) is 5.75 Å². The minimum Gasteiger partial charge on any atom is -0.492 e. The topological polar surface area (TPSA) is 63.2 Å². The monoisotopic (exact) mass is 389 g/mol. The molecule has 28 heavy (non-hydrogen) atoms. The molecule has 0 saturated heterocycles. The minimum absolute atomic E-state index is 0.121. The Morgan fingerprint density at radius 2 is 1.71 bits per heavy atom.